The molecule has 2 aromatic rings. The largest absolute Gasteiger partial charge is 0.439 e. The number of nitrogens with zero attached hydrogens (tertiary/aromatic N) is 1. The van der Waals surface area contributed by atoms with Crippen molar-refractivity contribution in [3.05, 3.63) is 28.9 Å². The van der Waals surface area contributed by atoms with Gasteiger partial charge in [-0.3, -0.25) is 0 Å². The summed E-state index contributed by atoms with van der Waals surface area (Å²) in [6.07, 6.45) is 0. The molecule has 0 radical (unpaired) electrons. The molecule has 0 amide bonds. The molecule has 1 heterocycles. The third-order valence-corrected chi connectivity index (χ3v) is 2.87. The Morgan fingerprint density at radius 2 is 2.18 bits per heavy atom. The van der Waals surface area contributed by atoms with E-state index in [9.17, 15) is 4.39 Å². The average molecular weight is 257 g/mol. The van der Waals surface area contributed by atoms with Crippen LogP contribution in [0.1, 0.15) is 26.7 Å². The second-order valence-corrected chi connectivity index (χ2v) is 4.82. The van der Waals surface area contributed by atoms with Crippen LogP contribution in [0.15, 0.2) is 16.5 Å². The molecular weight excluding hydrogens is 243 g/mol. The van der Waals surface area contributed by atoms with Crippen LogP contribution in [0, 0.1) is 5.82 Å². The minimum absolute atomic E-state index is 0.0543. The number of hydrogen-bond acceptors (Lipinski definition) is 3. The van der Waals surface area contributed by atoms with Crippen molar-refractivity contribution >= 4 is 22.7 Å². The van der Waals surface area contributed by atoms with Crippen LogP contribution in [0.4, 0.5) is 4.39 Å². The summed E-state index contributed by atoms with van der Waals surface area (Å²) in [5, 5.41) is 3.30. The number of benzene rings is 1. The van der Waals surface area contributed by atoms with Crippen LogP contribution in [0.3, 0.4) is 0 Å². The number of nitrogens with one attached hydrogen (secondary N) is 1. The van der Waals surface area contributed by atoms with Gasteiger partial charge in [0.05, 0.1) is 10.6 Å². The molecule has 0 aliphatic rings. The quantitative estimate of drug-likeness (QED) is 0.914. The topological polar surface area (TPSA) is 38.1 Å². The summed E-state index contributed by atoms with van der Waals surface area (Å²) in [7, 11) is 0. The lowest BCUT2D eigenvalue weighted by atomic mass is 10.1. The van der Waals surface area contributed by atoms with Crippen molar-refractivity contribution < 1.29 is 8.81 Å². The Bertz CT molecular complexity index is 512. The minimum atomic E-state index is -0.497. The standard InChI is InChI=1S/C12H14ClFN2O/c1-4-15-12(2,3)11-16-9-5-7(13)8(14)6-10(9)17-11/h5-6,15H,4H2,1-3H3. The third kappa shape index (κ3) is 2.28. The van der Waals surface area contributed by atoms with E-state index in [0.29, 0.717) is 17.0 Å². The number of aromatic nitrogens is 1. The Hall–Kier alpha value is -1.13. The SMILES string of the molecule is CCNC(C)(C)c1nc2cc(Cl)c(F)cc2o1. The average Bonchev–Trinajstić information content (AvgIpc) is 2.62. The first-order chi connectivity index (χ1) is 7.94. The second-order valence-electron chi connectivity index (χ2n) is 4.41. The highest BCUT2D eigenvalue weighted by molar-refractivity contribution is 6.31. The second kappa shape index (κ2) is 4.27. The molecule has 0 fully saturated rings. The van der Waals surface area contributed by atoms with E-state index in [4.69, 9.17) is 16.0 Å². The first-order valence-electron chi connectivity index (χ1n) is 5.45. The number of rotatable bonds is 3. The van der Waals surface area contributed by atoms with E-state index in [1.807, 2.05) is 20.8 Å². The van der Waals surface area contributed by atoms with Gasteiger partial charge in [-0.2, -0.15) is 0 Å². The van der Waals surface area contributed by atoms with Gasteiger partial charge in [0, 0.05) is 6.07 Å². The maximum atomic E-state index is 13.3. The molecule has 1 aromatic carbocycles. The van der Waals surface area contributed by atoms with Crippen LogP contribution < -0.4 is 5.32 Å². The van der Waals surface area contributed by atoms with Crippen LogP contribution in [0.5, 0.6) is 0 Å². The summed E-state index contributed by atoms with van der Waals surface area (Å²) in [6, 6.07) is 2.73. The number of hydrogen-bond donors (Lipinski definition) is 1. The molecular formula is C12H14ClFN2O. The van der Waals surface area contributed by atoms with Crippen molar-refractivity contribution in [3.8, 4) is 0 Å². The zero-order valence-corrected chi connectivity index (χ0v) is 10.7. The van der Waals surface area contributed by atoms with Crippen LogP contribution in [0.25, 0.3) is 11.1 Å². The summed E-state index contributed by atoms with van der Waals surface area (Å²) in [4.78, 5) is 4.32. The molecule has 0 aliphatic heterocycles. The summed E-state index contributed by atoms with van der Waals surface area (Å²) in [5.74, 6) is 0.0270. The monoisotopic (exact) mass is 256 g/mol. The summed E-state index contributed by atoms with van der Waals surface area (Å²) in [6.45, 7) is 6.71. The molecule has 0 unspecified atom stereocenters. The Labute approximate surface area is 104 Å². The van der Waals surface area contributed by atoms with Crippen LogP contribution >= 0.6 is 11.6 Å². The number of fused-ring (bicyclic) bond motifs is 1. The van der Waals surface area contributed by atoms with Crippen molar-refractivity contribution in [2.45, 2.75) is 26.3 Å². The van der Waals surface area contributed by atoms with Crippen molar-refractivity contribution in [3.63, 3.8) is 0 Å². The molecule has 5 heteroatoms. The van der Waals surface area contributed by atoms with Crippen molar-refractivity contribution in [2.75, 3.05) is 6.54 Å². The molecule has 0 saturated carbocycles. The fourth-order valence-electron chi connectivity index (χ4n) is 1.71. The fraction of sp³-hybridized carbons (Fsp3) is 0.417. The number of oxazole rings is 1. The van der Waals surface area contributed by atoms with E-state index < -0.39 is 11.4 Å². The highest BCUT2D eigenvalue weighted by Gasteiger charge is 2.25. The van der Waals surface area contributed by atoms with Gasteiger partial charge in [0.1, 0.15) is 11.3 Å². The molecule has 1 aromatic heterocycles. The molecule has 0 aliphatic carbocycles. The van der Waals surface area contributed by atoms with E-state index in [2.05, 4.69) is 10.3 Å². The van der Waals surface area contributed by atoms with E-state index >= 15 is 0 Å². The lowest BCUT2D eigenvalue weighted by Crippen LogP contribution is -2.36. The Kier molecular flexibility index (Phi) is 3.10. The highest BCUT2D eigenvalue weighted by atomic mass is 35.5. The minimum Gasteiger partial charge on any atom is -0.439 e. The zero-order valence-electron chi connectivity index (χ0n) is 9.97. The first-order valence-corrected chi connectivity index (χ1v) is 5.83. The Balaban J connectivity index is 2.51. The predicted octanol–water partition coefficient (Wildman–Crippen LogP) is 3.46. The molecule has 17 heavy (non-hydrogen) atoms. The smallest absolute Gasteiger partial charge is 0.215 e. The first kappa shape index (κ1) is 12.3. The van der Waals surface area contributed by atoms with Gasteiger partial charge in [-0.25, -0.2) is 9.37 Å². The maximum Gasteiger partial charge on any atom is 0.215 e. The van der Waals surface area contributed by atoms with Gasteiger partial charge < -0.3 is 9.73 Å². The lowest BCUT2D eigenvalue weighted by molar-refractivity contribution is 0.323. The normalized spacial score (nSPS) is 12.3. The molecule has 1 N–H and O–H groups in total. The van der Waals surface area contributed by atoms with Gasteiger partial charge in [-0.05, 0) is 26.5 Å². The van der Waals surface area contributed by atoms with Crippen LogP contribution in [0.2, 0.25) is 5.02 Å². The summed E-state index contributed by atoms with van der Waals surface area (Å²) >= 11 is 5.70. The van der Waals surface area contributed by atoms with E-state index in [1.54, 1.807) is 0 Å². The molecule has 0 atom stereocenters. The van der Waals surface area contributed by atoms with Gasteiger partial charge in [0.25, 0.3) is 0 Å². The molecule has 0 spiro atoms. The number of halogens is 2. The van der Waals surface area contributed by atoms with E-state index in [-0.39, 0.29) is 5.02 Å². The predicted molar refractivity (Wildman–Crippen MR) is 65.7 cm³/mol. The lowest BCUT2D eigenvalue weighted by Gasteiger charge is -2.21. The van der Waals surface area contributed by atoms with Crippen molar-refractivity contribution in [2.24, 2.45) is 0 Å². The summed E-state index contributed by atoms with van der Waals surface area (Å²) < 4.78 is 18.8. The molecule has 92 valence electrons. The Morgan fingerprint density at radius 3 is 2.82 bits per heavy atom. The fourth-order valence-corrected chi connectivity index (χ4v) is 1.87. The van der Waals surface area contributed by atoms with Gasteiger partial charge in [0.15, 0.2) is 5.58 Å². The van der Waals surface area contributed by atoms with Gasteiger partial charge in [-0.1, -0.05) is 18.5 Å². The Morgan fingerprint density at radius 1 is 1.47 bits per heavy atom. The van der Waals surface area contributed by atoms with Gasteiger partial charge >= 0.3 is 0 Å². The zero-order chi connectivity index (χ0) is 12.6. The van der Waals surface area contributed by atoms with Crippen LogP contribution in [-0.2, 0) is 5.54 Å². The maximum absolute atomic E-state index is 13.3. The molecule has 2 rings (SSSR count). The molecule has 3 nitrogen and oxygen atoms in total. The third-order valence-electron chi connectivity index (χ3n) is 2.58. The highest BCUT2D eigenvalue weighted by Crippen LogP contribution is 2.27. The van der Waals surface area contributed by atoms with Crippen molar-refractivity contribution in [1.82, 2.24) is 10.3 Å². The van der Waals surface area contributed by atoms with Crippen LogP contribution in [-0.4, -0.2) is 11.5 Å². The van der Waals surface area contributed by atoms with Gasteiger partial charge in [0.2, 0.25) is 5.89 Å². The van der Waals surface area contributed by atoms with Gasteiger partial charge in [-0.15, -0.1) is 0 Å². The van der Waals surface area contributed by atoms with E-state index in [0.717, 1.165) is 6.54 Å². The van der Waals surface area contributed by atoms with E-state index in [1.165, 1.54) is 12.1 Å². The molecule has 0 saturated heterocycles. The van der Waals surface area contributed by atoms with Crippen molar-refractivity contribution in [1.29, 1.82) is 0 Å². The molecule has 0 bridgehead atoms. The summed E-state index contributed by atoms with van der Waals surface area (Å²) in [5.41, 5.74) is 0.585.